The topological polar surface area (TPSA) is 40.2 Å². The van der Waals surface area contributed by atoms with Crippen LogP contribution in [0.15, 0.2) is 0 Å². The van der Waals surface area contributed by atoms with E-state index >= 15 is 0 Å². The third-order valence-corrected chi connectivity index (χ3v) is 6.42. The van der Waals surface area contributed by atoms with Crippen LogP contribution in [-0.4, -0.2) is 47.2 Å². The fourth-order valence-electron chi connectivity index (χ4n) is 2.26. The molecule has 5 heteroatoms. The van der Waals surface area contributed by atoms with E-state index in [1.54, 1.807) is 0 Å². The lowest BCUT2D eigenvalue weighted by Crippen LogP contribution is -2.41. The summed E-state index contributed by atoms with van der Waals surface area (Å²) in [5.74, 6) is 0. The van der Waals surface area contributed by atoms with Crippen molar-refractivity contribution in [3.63, 3.8) is 0 Å². The molecule has 0 aromatic carbocycles. The molecule has 0 bridgehead atoms. The first-order chi connectivity index (χ1) is 9.09. The SMILES string of the molecule is CCC[Si](C)(OCC)OC(C)CCCOCC1CO1. The summed E-state index contributed by atoms with van der Waals surface area (Å²) < 4.78 is 22.7. The minimum absolute atomic E-state index is 0.260. The van der Waals surface area contributed by atoms with E-state index in [2.05, 4.69) is 20.4 Å². The number of epoxide rings is 1. The zero-order valence-electron chi connectivity index (χ0n) is 12.9. The number of ether oxygens (including phenoxy) is 2. The van der Waals surface area contributed by atoms with Gasteiger partial charge in [-0.1, -0.05) is 13.3 Å². The van der Waals surface area contributed by atoms with Crippen LogP contribution >= 0.6 is 0 Å². The summed E-state index contributed by atoms with van der Waals surface area (Å²) in [6.45, 7) is 11.7. The summed E-state index contributed by atoms with van der Waals surface area (Å²) in [5.41, 5.74) is 0. The third-order valence-electron chi connectivity index (χ3n) is 3.21. The molecular weight excluding hydrogens is 260 g/mol. The number of hydrogen-bond acceptors (Lipinski definition) is 4. The second-order valence-electron chi connectivity index (χ2n) is 5.42. The van der Waals surface area contributed by atoms with Crippen molar-refractivity contribution in [1.29, 1.82) is 0 Å². The van der Waals surface area contributed by atoms with Crippen molar-refractivity contribution in [2.45, 2.75) is 64.8 Å². The van der Waals surface area contributed by atoms with Crippen molar-refractivity contribution in [2.24, 2.45) is 0 Å². The summed E-state index contributed by atoms with van der Waals surface area (Å²) in [4.78, 5) is 0. The summed E-state index contributed by atoms with van der Waals surface area (Å²) in [7, 11) is -1.95. The number of rotatable bonds is 12. The molecular formula is C14H30O4Si. The van der Waals surface area contributed by atoms with Crippen LogP contribution in [0.4, 0.5) is 0 Å². The van der Waals surface area contributed by atoms with Gasteiger partial charge >= 0.3 is 8.56 Å². The van der Waals surface area contributed by atoms with Gasteiger partial charge in [-0.25, -0.2) is 0 Å². The fourth-order valence-corrected chi connectivity index (χ4v) is 5.08. The van der Waals surface area contributed by atoms with Gasteiger partial charge in [0.15, 0.2) is 0 Å². The van der Waals surface area contributed by atoms with E-state index < -0.39 is 8.56 Å². The van der Waals surface area contributed by atoms with Crippen molar-refractivity contribution in [3.05, 3.63) is 0 Å². The monoisotopic (exact) mass is 290 g/mol. The average molecular weight is 290 g/mol. The Morgan fingerprint density at radius 3 is 2.68 bits per heavy atom. The largest absolute Gasteiger partial charge is 0.395 e. The van der Waals surface area contributed by atoms with Crippen molar-refractivity contribution >= 4 is 8.56 Å². The van der Waals surface area contributed by atoms with Crippen LogP contribution in [0.2, 0.25) is 12.6 Å². The molecule has 4 nitrogen and oxygen atoms in total. The predicted molar refractivity (Wildman–Crippen MR) is 78.7 cm³/mol. The molecule has 3 unspecified atom stereocenters. The van der Waals surface area contributed by atoms with E-state index in [1.165, 1.54) is 0 Å². The van der Waals surface area contributed by atoms with Crippen LogP contribution in [0.1, 0.15) is 40.0 Å². The van der Waals surface area contributed by atoms with E-state index in [4.69, 9.17) is 18.3 Å². The first-order valence-electron chi connectivity index (χ1n) is 7.60. The van der Waals surface area contributed by atoms with Gasteiger partial charge < -0.3 is 18.3 Å². The second kappa shape index (κ2) is 9.08. The summed E-state index contributed by atoms with van der Waals surface area (Å²) in [5, 5.41) is 0. The molecule has 0 aromatic rings. The summed E-state index contributed by atoms with van der Waals surface area (Å²) in [6, 6.07) is 1.07. The first-order valence-corrected chi connectivity index (χ1v) is 10.1. The van der Waals surface area contributed by atoms with E-state index in [9.17, 15) is 0 Å². The highest BCUT2D eigenvalue weighted by Gasteiger charge is 2.31. The maximum absolute atomic E-state index is 6.20. The standard InChI is InChI=1S/C14H30O4Si/c1-5-10-19(4,17-6-2)18-13(3)8-7-9-15-11-14-12-16-14/h13-14H,5-12H2,1-4H3. The lowest BCUT2D eigenvalue weighted by molar-refractivity contribution is 0.0900. The van der Waals surface area contributed by atoms with Gasteiger partial charge in [0.2, 0.25) is 0 Å². The molecule has 1 aliphatic heterocycles. The molecule has 19 heavy (non-hydrogen) atoms. The lowest BCUT2D eigenvalue weighted by Gasteiger charge is -2.29. The Bertz CT molecular complexity index is 227. The summed E-state index contributed by atoms with van der Waals surface area (Å²) in [6.07, 6.45) is 3.82. The average Bonchev–Trinajstić information content (AvgIpc) is 3.12. The molecule has 0 aromatic heterocycles. The highest BCUT2D eigenvalue weighted by Crippen LogP contribution is 2.19. The van der Waals surface area contributed by atoms with Crippen LogP contribution in [0.3, 0.4) is 0 Å². The van der Waals surface area contributed by atoms with E-state index in [1.807, 2.05) is 6.92 Å². The molecule has 0 amide bonds. The van der Waals surface area contributed by atoms with Crippen LogP contribution in [0.5, 0.6) is 0 Å². The maximum atomic E-state index is 6.20. The maximum Gasteiger partial charge on any atom is 0.335 e. The van der Waals surface area contributed by atoms with Crippen LogP contribution in [0.25, 0.3) is 0 Å². The smallest absolute Gasteiger partial charge is 0.335 e. The molecule has 1 fully saturated rings. The minimum atomic E-state index is -1.95. The molecule has 1 saturated heterocycles. The Kier molecular flexibility index (Phi) is 8.17. The van der Waals surface area contributed by atoms with Gasteiger partial charge in [0.05, 0.1) is 13.2 Å². The van der Waals surface area contributed by atoms with Gasteiger partial charge in [0.25, 0.3) is 0 Å². The van der Waals surface area contributed by atoms with Gasteiger partial charge in [0, 0.05) is 19.3 Å². The number of hydrogen-bond donors (Lipinski definition) is 0. The van der Waals surface area contributed by atoms with Gasteiger partial charge in [-0.05, 0) is 39.3 Å². The Morgan fingerprint density at radius 2 is 2.11 bits per heavy atom. The quantitative estimate of drug-likeness (QED) is 0.314. The van der Waals surface area contributed by atoms with Crippen LogP contribution < -0.4 is 0 Å². The molecule has 0 radical (unpaired) electrons. The fraction of sp³-hybridized carbons (Fsp3) is 1.00. The zero-order valence-corrected chi connectivity index (χ0v) is 13.9. The normalized spacial score (nSPS) is 23.1. The minimum Gasteiger partial charge on any atom is -0.395 e. The van der Waals surface area contributed by atoms with Crippen molar-refractivity contribution in [3.8, 4) is 0 Å². The van der Waals surface area contributed by atoms with Crippen LogP contribution in [0, 0.1) is 0 Å². The molecule has 114 valence electrons. The third kappa shape index (κ3) is 8.04. The van der Waals surface area contributed by atoms with Crippen molar-refractivity contribution in [1.82, 2.24) is 0 Å². The molecule has 0 saturated carbocycles. The predicted octanol–water partition coefficient (Wildman–Crippen LogP) is 3.11. The van der Waals surface area contributed by atoms with Crippen LogP contribution in [-0.2, 0) is 18.3 Å². The molecule has 1 heterocycles. The molecule has 3 atom stereocenters. The van der Waals surface area contributed by atoms with Gasteiger partial charge in [-0.2, -0.15) is 0 Å². The van der Waals surface area contributed by atoms with E-state index in [0.29, 0.717) is 6.10 Å². The highest BCUT2D eigenvalue weighted by molar-refractivity contribution is 6.66. The Labute approximate surface area is 119 Å². The molecule has 0 aliphatic carbocycles. The lowest BCUT2D eigenvalue weighted by atomic mass is 10.2. The molecule has 0 N–H and O–H groups in total. The van der Waals surface area contributed by atoms with Gasteiger partial charge in [-0.3, -0.25) is 0 Å². The zero-order chi connectivity index (χ0) is 14.1. The Balaban J connectivity index is 2.10. The molecule has 1 aliphatic rings. The van der Waals surface area contributed by atoms with E-state index in [0.717, 1.165) is 51.7 Å². The molecule has 1 rings (SSSR count). The Hall–Kier alpha value is 0.0569. The highest BCUT2D eigenvalue weighted by atomic mass is 28.4. The van der Waals surface area contributed by atoms with Gasteiger partial charge in [-0.15, -0.1) is 0 Å². The van der Waals surface area contributed by atoms with E-state index in [-0.39, 0.29) is 6.10 Å². The summed E-state index contributed by atoms with van der Waals surface area (Å²) >= 11 is 0. The second-order valence-corrected chi connectivity index (χ2v) is 8.71. The first kappa shape index (κ1) is 17.1. The molecule has 0 spiro atoms. The Morgan fingerprint density at radius 1 is 1.37 bits per heavy atom. The van der Waals surface area contributed by atoms with Crippen molar-refractivity contribution in [2.75, 3.05) is 26.4 Å². The van der Waals surface area contributed by atoms with Gasteiger partial charge in [0.1, 0.15) is 6.10 Å². The van der Waals surface area contributed by atoms with Crippen molar-refractivity contribution < 1.29 is 18.3 Å².